The van der Waals surface area contributed by atoms with Crippen molar-refractivity contribution in [1.82, 2.24) is 14.8 Å². The van der Waals surface area contributed by atoms with Gasteiger partial charge in [-0.1, -0.05) is 23.4 Å². The maximum absolute atomic E-state index is 13.3. The number of benzene rings is 2. The van der Waals surface area contributed by atoms with Gasteiger partial charge in [0.15, 0.2) is 0 Å². The zero-order valence-electron chi connectivity index (χ0n) is 14.4. The number of aromatic nitrogens is 3. The molecule has 0 amide bonds. The molecular weight excluding hydrogens is 395 g/mol. The van der Waals surface area contributed by atoms with Crippen LogP contribution in [-0.2, 0) is 0 Å². The topological polar surface area (TPSA) is 54.5 Å². The van der Waals surface area contributed by atoms with Gasteiger partial charge in [-0.05, 0) is 60.7 Å². The summed E-state index contributed by atoms with van der Waals surface area (Å²) in [6, 6.07) is 19.1. The third-order valence-corrected chi connectivity index (χ3v) is 5.23. The van der Waals surface area contributed by atoms with Crippen LogP contribution in [0.1, 0.15) is 5.56 Å². The average Bonchev–Trinajstić information content (AvgIpc) is 3.14. The molecule has 0 bridgehead atoms. The Kier molecular flexibility index (Phi) is 5.11. The van der Waals surface area contributed by atoms with Crippen molar-refractivity contribution < 1.29 is 4.39 Å². The first-order chi connectivity index (χ1) is 13.6. The molecule has 0 saturated heterocycles. The quantitative estimate of drug-likeness (QED) is 0.433. The number of halogens is 2. The van der Waals surface area contributed by atoms with Crippen molar-refractivity contribution in [2.75, 3.05) is 0 Å². The van der Waals surface area contributed by atoms with Crippen molar-refractivity contribution in [3.05, 3.63) is 89.5 Å². The number of hydrogen-bond acceptors (Lipinski definition) is 4. The molecule has 4 aromatic rings. The Bertz CT molecular complexity index is 1150. The predicted octanol–water partition coefficient (Wildman–Crippen LogP) is 5.75. The molecule has 0 aliphatic carbocycles. The molecule has 0 spiro atoms. The first kappa shape index (κ1) is 18.2. The average molecular weight is 407 g/mol. The second-order valence-electron chi connectivity index (χ2n) is 5.86. The van der Waals surface area contributed by atoms with Crippen LogP contribution in [0.2, 0.25) is 5.02 Å². The predicted molar refractivity (Wildman–Crippen MR) is 107 cm³/mol. The molecule has 2 aromatic heterocycles. The SMILES string of the molecule is N#Cc1ccc(-c2nn(-c3ccc(F)cc3)cc2Sc2ccc(Cl)cc2)nc1. The van der Waals surface area contributed by atoms with Gasteiger partial charge in [0.2, 0.25) is 0 Å². The van der Waals surface area contributed by atoms with Crippen LogP contribution < -0.4 is 0 Å². The highest BCUT2D eigenvalue weighted by Crippen LogP contribution is 2.35. The van der Waals surface area contributed by atoms with Crippen LogP contribution in [0.5, 0.6) is 0 Å². The minimum Gasteiger partial charge on any atom is -0.253 e. The van der Waals surface area contributed by atoms with Crippen LogP contribution in [0, 0.1) is 17.1 Å². The van der Waals surface area contributed by atoms with Gasteiger partial charge in [0.1, 0.15) is 17.6 Å². The number of nitriles is 1. The second-order valence-corrected chi connectivity index (χ2v) is 7.41. The molecule has 7 heteroatoms. The fraction of sp³-hybridized carbons (Fsp3) is 0. The largest absolute Gasteiger partial charge is 0.253 e. The van der Waals surface area contributed by atoms with E-state index in [4.69, 9.17) is 16.9 Å². The van der Waals surface area contributed by atoms with Gasteiger partial charge in [-0.3, -0.25) is 4.98 Å². The van der Waals surface area contributed by atoms with E-state index in [-0.39, 0.29) is 5.82 Å². The molecule has 0 saturated carbocycles. The summed E-state index contributed by atoms with van der Waals surface area (Å²) in [5.41, 5.74) is 2.54. The molecule has 0 atom stereocenters. The monoisotopic (exact) mass is 406 g/mol. The van der Waals surface area contributed by atoms with Crippen molar-refractivity contribution in [3.63, 3.8) is 0 Å². The van der Waals surface area contributed by atoms with E-state index in [1.165, 1.54) is 30.1 Å². The Morgan fingerprint density at radius 1 is 1.00 bits per heavy atom. The van der Waals surface area contributed by atoms with E-state index in [0.717, 1.165) is 15.5 Å². The Morgan fingerprint density at radius 3 is 2.39 bits per heavy atom. The fourth-order valence-corrected chi connectivity index (χ4v) is 3.61. The van der Waals surface area contributed by atoms with Crippen LogP contribution >= 0.6 is 23.4 Å². The van der Waals surface area contributed by atoms with Gasteiger partial charge in [0, 0.05) is 22.3 Å². The maximum Gasteiger partial charge on any atom is 0.125 e. The molecule has 4 rings (SSSR count). The van der Waals surface area contributed by atoms with Crippen molar-refractivity contribution in [2.24, 2.45) is 0 Å². The van der Waals surface area contributed by atoms with E-state index in [9.17, 15) is 4.39 Å². The minimum absolute atomic E-state index is 0.305. The second kappa shape index (κ2) is 7.85. The summed E-state index contributed by atoms with van der Waals surface area (Å²) in [5.74, 6) is -0.305. The summed E-state index contributed by atoms with van der Waals surface area (Å²) in [7, 11) is 0. The number of nitrogens with zero attached hydrogens (tertiary/aromatic N) is 4. The molecule has 0 aliphatic rings. The summed E-state index contributed by atoms with van der Waals surface area (Å²) < 4.78 is 14.9. The molecule has 0 radical (unpaired) electrons. The lowest BCUT2D eigenvalue weighted by Gasteiger charge is -2.02. The Labute approximate surface area is 170 Å². The van der Waals surface area contributed by atoms with Gasteiger partial charge in [-0.25, -0.2) is 9.07 Å². The maximum atomic E-state index is 13.3. The molecule has 136 valence electrons. The lowest BCUT2D eigenvalue weighted by atomic mass is 10.2. The van der Waals surface area contributed by atoms with Crippen molar-refractivity contribution in [3.8, 4) is 23.1 Å². The summed E-state index contributed by atoms with van der Waals surface area (Å²) in [4.78, 5) is 6.24. The number of pyridine rings is 1. The molecule has 2 aromatic carbocycles. The molecule has 0 aliphatic heterocycles. The molecule has 2 heterocycles. The number of rotatable bonds is 4. The third kappa shape index (κ3) is 3.91. The summed E-state index contributed by atoms with van der Waals surface area (Å²) in [5, 5.41) is 14.3. The first-order valence-electron chi connectivity index (χ1n) is 8.28. The van der Waals surface area contributed by atoms with E-state index in [0.29, 0.717) is 22.0 Å². The first-order valence-corrected chi connectivity index (χ1v) is 9.47. The molecule has 0 unspecified atom stereocenters. The van der Waals surface area contributed by atoms with Crippen LogP contribution in [0.3, 0.4) is 0 Å². The molecule has 0 fully saturated rings. The smallest absolute Gasteiger partial charge is 0.125 e. The highest BCUT2D eigenvalue weighted by molar-refractivity contribution is 7.99. The highest BCUT2D eigenvalue weighted by Gasteiger charge is 2.15. The van der Waals surface area contributed by atoms with Crippen LogP contribution in [-0.4, -0.2) is 14.8 Å². The van der Waals surface area contributed by atoms with Crippen molar-refractivity contribution >= 4 is 23.4 Å². The van der Waals surface area contributed by atoms with Gasteiger partial charge < -0.3 is 0 Å². The van der Waals surface area contributed by atoms with E-state index in [2.05, 4.69) is 16.2 Å². The van der Waals surface area contributed by atoms with Crippen molar-refractivity contribution in [2.45, 2.75) is 9.79 Å². The summed E-state index contributed by atoms with van der Waals surface area (Å²) >= 11 is 7.50. The minimum atomic E-state index is -0.305. The normalized spacial score (nSPS) is 10.6. The van der Waals surface area contributed by atoms with E-state index in [1.807, 2.05) is 30.5 Å². The Hall–Kier alpha value is -3.14. The lowest BCUT2D eigenvalue weighted by molar-refractivity contribution is 0.627. The summed E-state index contributed by atoms with van der Waals surface area (Å²) in [6.07, 6.45) is 3.39. The summed E-state index contributed by atoms with van der Waals surface area (Å²) in [6.45, 7) is 0. The Morgan fingerprint density at radius 2 is 1.75 bits per heavy atom. The molecule has 0 N–H and O–H groups in total. The van der Waals surface area contributed by atoms with Crippen LogP contribution in [0.15, 0.2) is 82.8 Å². The van der Waals surface area contributed by atoms with Gasteiger partial charge in [-0.2, -0.15) is 10.4 Å². The zero-order chi connectivity index (χ0) is 19.5. The van der Waals surface area contributed by atoms with E-state index >= 15 is 0 Å². The number of hydrogen-bond donors (Lipinski definition) is 0. The fourth-order valence-electron chi connectivity index (χ4n) is 2.57. The van der Waals surface area contributed by atoms with E-state index in [1.54, 1.807) is 28.9 Å². The molecular formula is C21H12ClFN4S. The highest BCUT2D eigenvalue weighted by atomic mass is 35.5. The van der Waals surface area contributed by atoms with Crippen LogP contribution in [0.4, 0.5) is 4.39 Å². The van der Waals surface area contributed by atoms with Gasteiger partial charge in [0.25, 0.3) is 0 Å². The lowest BCUT2D eigenvalue weighted by Crippen LogP contribution is -1.95. The van der Waals surface area contributed by atoms with E-state index < -0.39 is 0 Å². The third-order valence-electron chi connectivity index (χ3n) is 3.95. The zero-order valence-corrected chi connectivity index (χ0v) is 16.0. The van der Waals surface area contributed by atoms with Gasteiger partial charge >= 0.3 is 0 Å². The molecule has 28 heavy (non-hydrogen) atoms. The van der Waals surface area contributed by atoms with Gasteiger partial charge in [-0.15, -0.1) is 0 Å². The van der Waals surface area contributed by atoms with Crippen molar-refractivity contribution in [1.29, 1.82) is 5.26 Å². The van der Waals surface area contributed by atoms with Crippen LogP contribution in [0.25, 0.3) is 17.1 Å². The standard InChI is InChI=1S/C21H12ClFN4S/c22-15-2-8-18(9-3-15)28-20-13-27(17-6-4-16(23)5-7-17)26-21(20)19-10-1-14(11-24)12-25-19/h1-10,12-13H. The molecule has 4 nitrogen and oxygen atoms in total. The Balaban J connectivity index is 1.78. The van der Waals surface area contributed by atoms with Gasteiger partial charge in [0.05, 0.1) is 21.8 Å².